The van der Waals surface area contributed by atoms with Crippen LogP contribution in [0.5, 0.6) is 0 Å². The number of carbonyl (C=O) groups excluding carboxylic acids is 1. The van der Waals surface area contributed by atoms with Crippen molar-refractivity contribution in [2.75, 3.05) is 7.11 Å². The number of ether oxygens (including phenoxy) is 2. The van der Waals surface area contributed by atoms with Crippen molar-refractivity contribution in [1.29, 1.82) is 0 Å². The number of hydrogen-bond donors (Lipinski definition) is 0. The summed E-state index contributed by atoms with van der Waals surface area (Å²) < 4.78 is 9.83. The van der Waals surface area contributed by atoms with E-state index >= 15 is 0 Å². The molecule has 0 radical (unpaired) electrons. The van der Waals surface area contributed by atoms with Gasteiger partial charge in [-0.25, -0.2) is 4.79 Å². The van der Waals surface area contributed by atoms with E-state index in [4.69, 9.17) is 9.47 Å². The number of rotatable bonds is 4. The molecule has 1 aromatic carbocycles. The minimum atomic E-state index is -0.430. The molecule has 0 fully saturated rings. The van der Waals surface area contributed by atoms with E-state index in [1.54, 1.807) is 6.92 Å². The molecular weight excluding hydrogens is 206 g/mol. The lowest BCUT2D eigenvalue weighted by Crippen LogP contribution is -2.00. The van der Waals surface area contributed by atoms with Crippen molar-refractivity contribution in [1.82, 2.24) is 0 Å². The van der Waals surface area contributed by atoms with Gasteiger partial charge in [-0.05, 0) is 5.56 Å². The van der Waals surface area contributed by atoms with Crippen molar-refractivity contribution in [3.05, 3.63) is 53.5 Å². The number of carbonyl (C=O) groups is 1. The van der Waals surface area contributed by atoms with Crippen LogP contribution in [0.1, 0.15) is 12.5 Å². The Morgan fingerprint density at radius 1 is 1.38 bits per heavy atom. The number of methoxy groups -OCH3 is 1. The maximum atomic E-state index is 11.2. The Labute approximate surface area is 95.0 Å². The molecule has 0 amide bonds. The van der Waals surface area contributed by atoms with E-state index in [2.05, 4.69) is 5.73 Å². The number of hydrogen-bond acceptors (Lipinski definition) is 3. The van der Waals surface area contributed by atoms with Crippen LogP contribution in [0.25, 0.3) is 0 Å². The van der Waals surface area contributed by atoms with E-state index in [1.165, 1.54) is 13.2 Å². The van der Waals surface area contributed by atoms with Gasteiger partial charge in [0.1, 0.15) is 12.4 Å². The van der Waals surface area contributed by atoms with Crippen molar-refractivity contribution in [3.8, 4) is 0 Å². The summed E-state index contributed by atoms with van der Waals surface area (Å²) in [6.07, 6.45) is 1.22. The second-order valence-corrected chi connectivity index (χ2v) is 3.14. The second-order valence-electron chi connectivity index (χ2n) is 3.14. The molecular formula is C13H14O3. The molecule has 0 atom stereocenters. The van der Waals surface area contributed by atoms with Gasteiger partial charge in [0.05, 0.1) is 13.2 Å². The number of esters is 1. The highest BCUT2D eigenvalue weighted by molar-refractivity contribution is 5.81. The summed E-state index contributed by atoms with van der Waals surface area (Å²) in [5, 5.41) is 0. The Morgan fingerprint density at radius 3 is 2.69 bits per heavy atom. The van der Waals surface area contributed by atoms with Crippen LogP contribution in [0.3, 0.4) is 0 Å². The minimum absolute atomic E-state index is 0.268. The summed E-state index contributed by atoms with van der Waals surface area (Å²) in [5.41, 5.74) is 3.62. The topological polar surface area (TPSA) is 35.5 Å². The lowest BCUT2D eigenvalue weighted by Gasteiger charge is -2.00. The van der Waals surface area contributed by atoms with Crippen molar-refractivity contribution < 1.29 is 14.3 Å². The van der Waals surface area contributed by atoms with Gasteiger partial charge in [-0.3, -0.25) is 0 Å². The van der Waals surface area contributed by atoms with E-state index < -0.39 is 5.97 Å². The molecule has 16 heavy (non-hydrogen) atoms. The van der Waals surface area contributed by atoms with E-state index in [-0.39, 0.29) is 6.61 Å². The van der Waals surface area contributed by atoms with Gasteiger partial charge in [0.25, 0.3) is 0 Å². The summed E-state index contributed by atoms with van der Waals surface area (Å²) in [4.78, 5) is 11.2. The second kappa shape index (κ2) is 6.49. The SMILES string of the molecule is CO[13C](C)=[13C]=CC(=O)OCc1ccccc1. The maximum absolute atomic E-state index is 11.2. The fraction of sp³-hybridized carbons (Fsp3) is 0.231. The van der Waals surface area contributed by atoms with Gasteiger partial charge in [0, 0.05) is 6.92 Å². The molecule has 1 aromatic rings. The molecule has 0 aliphatic carbocycles. The van der Waals surface area contributed by atoms with Crippen LogP contribution >= 0.6 is 0 Å². The standard InChI is InChI=1S/C13H14O3/c1-11(15-2)8-9-13(14)16-10-12-6-4-3-5-7-12/h3-7,9H,10H2,1-2H3/i8+1,11+1. The van der Waals surface area contributed by atoms with Gasteiger partial charge in [0.2, 0.25) is 0 Å². The van der Waals surface area contributed by atoms with Crippen molar-refractivity contribution in [3.63, 3.8) is 0 Å². The van der Waals surface area contributed by atoms with Crippen LogP contribution in [0.2, 0.25) is 0 Å². The third kappa shape index (κ3) is 4.49. The molecule has 0 unspecified atom stereocenters. The summed E-state index contributed by atoms with van der Waals surface area (Å²) in [6.45, 7) is 1.98. The zero-order valence-corrected chi connectivity index (χ0v) is 9.40. The fourth-order valence-corrected chi connectivity index (χ4v) is 0.990. The van der Waals surface area contributed by atoms with Crippen LogP contribution < -0.4 is 0 Å². The lowest BCUT2D eigenvalue weighted by molar-refractivity contribution is -0.139. The first-order valence-electron chi connectivity index (χ1n) is 4.90. The normalized spacial score (nSPS) is 8.88. The predicted molar refractivity (Wildman–Crippen MR) is 60.5 cm³/mol. The molecule has 0 heterocycles. The average molecular weight is 220 g/mol. The maximum Gasteiger partial charge on any atom is 0.339 e. The lowest BCUT2D eigenvalue weighted by atomic mass is 10.2. The Balaban J connectivity index is 2.45. The van der Waals surface area contributed by atoms with Crippen molar-refractivity contribution >= 4 is 5.97 Å². The van der Waals surface area contributed by atoms with Crippen molar-refractivity contribution in [2.45, 2.75) is 13.5 Å². The molecule has 3 heteroatoms. The first-order chi connectivity index (χ1) is 7.72. The third-order valence-electron chi connectivity index (χ3n) is 1.92. The monoisotopic (exact) mass is 220 g/mol. The van der Waals surface area contributed by atoms with E-state index in [0.717, 1.165) is 5.56 Å². The Bertz CT molecular complexity index is 400. The van der Waals surface area contributed by atoms with Gasteiger partial charge in [-0.2, -0.15) is 0 Å². The summed E-state index contributed by atoms with van der Waals surface area (Å²) in [7, 11) is 1.52. The smallest absolute Gasteiger partial charge is 0.339 e. The quantitative estimate of drug-likeness (QED) is 0.257. The van der Waals surface area contributed by atoms with Crippen LogP contribution in [0.15, 0.2) is 47.9 Å². The Morgan fingerprint density at radius 2 is 2.06 bits per heavy atom. The molecule has 0 saturated heterocycles. The summed E-state index contributed by atoms with van der Waals surface area (Å²) >= 11 is 0. The van der Waals surface area contributed by atoms with Gasteiger partial charge < -0.3 is 9.47 Å². The Kier molecular flexibility index (Phi) is 4.90. The van der Waals surface area contributed by atoms with Gasteiger partial charge in [-0.1, -0.05) is 36.1 Å². The largest absolute Gasteiger partial charge is 0.493 e. The van der Waals surface area contributed by atoms with Crippen LogP contribution in [0.4, 0.5) is 0 Å². The molecule has 1 rings (SSSR count). The van der Waals surface area contributed by atoms with Crippen LogP contribution in [-0.2, 0) is 20.9 Å². The highest BCUT2D eigenvalue weighted by atomic mass is 16.5. The van der Waals surface area contributed by atoms with E-state index in [0.29, 0.717) is 5.76 Å². The molecule has 0 saturated carbocycles. The molecule has 0 spiro atoms. The molecule has 0 aliphatic heterocycles. The van der Waals surface area contributed by atoms with Gasteiger partial charge in [-0.15, -0.1) is 0 Å². The zero-order chi connectivity index (χ0) is 11.8. The van der Waals surface area contributed by atoms with Crippen LogP contribution in [0, 0.1) is 0 Å². The molecule has 84 valence electrons. The highest BCUT2D eigenvalue weighted by Gasteiger charge is 1.97. The molecule has 0 bridgehead atoms. The minimum Gasteiger partial charge on any atom is -0.493 e. The third-order valence-corrected chi connectivity index (χ3v) is 1.92. The van der Waals surface area contributed by atoms with Crippen molar-refractivity contribution in [2.24, 2.45) is 0 Å². The average Bonchev–Trinajstić information content (AvgIpc) is 2.34. The fourth-order valence-electron chi connectivity index (χ4n) is 0.990. The molecule has 3 nitrogen and oxygen atoms in total. The predicted octanol–water partition coefficient (Wildman–Crippen LogP) is 2.44. The van der Waals surface area contributed by atoms with E-state index in [9.17, 15) is 4.79 Å². The van der Waals surface area contributed by atoms with Crippen LogP contribution in [-0.4, -0.2) is 13.1 Å². The Hall–Kier alpha value is -1.99. The van der Waals surface area contributed by atoms with Gasteiger partial charge >= 0.3 is 5.97 Å². The first-order valence-corrected chi connectivity index (χ1v) is 4.90. The molecule has 0 aromatic heterocycles. The molecule has 0 aliphatic rings. The summed E-state index contributed by atoms with van der Waals surface area (Å²) in [6, 6.07) is 9.50. The zero-order valence-electron chi connectivity index (χ0n) is 9.40. The highest BCUT2D eigenvalue weighted by Crippen LogP contribution is 2.00. The summed E-state index contributed by atoms with van der Waals surface area (Å²) in [5.74, 6) is 0.108. The van der Waals surface area contributed by atoms with E-state index in [1.807, 2.05) is 30.3 Å². The van der Waals surface area contributed by atoms with Gasteiger partial charge in [0.15, 0.2) is 0 Å². The number of benzene rings is 1. The molecule has 0 N–H and O–H groups in total. The first kappa shape index (κ1) is 12.1.